The Morgan fingerprint density at radius 2 is 2.03 bits per heavy atom. The van der Waals surface area contributed by atoms with Crippen LogP contribution in [0, 0.1) is 11.3 Å². The van der Waals surface area contributed by atoms with E-state index >= 15 is 0 Å². The maximum Gasteiger partial charge on any atom is 0.409 e. The number of rotatable bonds is 6. The maximum atomic E-state index is 13.4. The summed E-state index contributed by atoms with van der Waals surface area (Å²) in [4.78, 5) is 19.7. The summed E-state index contributed by atoms with van der Waals surface area (Å²) in [5.74, 6) is -0.847. The second-order valence-corrected chi connectivity index (χ2v) is 7.84. The third-order valence-electron chi connectivity index (χ3n) is 5.23. The summed E-state index contributed by atoms with van der Waals surface area (Å²) >= 11 is 0. The van der Waals surface area contributed by atoms with Gasteiger partial charge in [-0.25, -0.2) is 15.2 Å². The Bertz CT molecular complexity index is 1410. The summed E-state index contributed by atoms with van der Waals surface area (Å²) in [6.45, 7) is 1.53. The first-order valence-electron chi connectivity index (χ1n) is 10.6. The van der Waals surface area contributed by atoms with Crippen LogP contribution in [0.15, 0.2) is 72.6 Å². The van der Waals surface area contributed by atoms with Crippen LogP contribution in [-0.2, 0) is 4.79 Å². The maximum absolute atomic E-state index is 13.4. The van der Waals surface area contributed by atoms with Gasteiger partial charge in [0.05, 0.1) is 11.6 Å². The van der Waals surface area contributed by atoms with E-state index in [2.05, 4.69) is 20.7 Å². The van der Waals surface area contributed by atoms with Crippen molar-refractivity contribution in [3.63, 3.8) is 0 Å². The number of allylic oxidation sites excluding steroid dienone is 1. The molecule has 0 fully saturated rings. The fourth-order valence-corrected chi connectivity index (χ4v) is 3.57. The Morgan fingerprint density at radius 3 is 2.72 bits per heavy atom. The first kappa shape index (κ1) is 24.4. The number of anilines is 3. The third-order valence-corrected chi connectivity index (χ3v) is 5.23. The van der Waals surface area contributed by atoms with Crippen molar-refractivity contribution in [2.45, 2.75) is 19.1 Å². The highest BCUT2D eigenvalue weighted by atomic mass is 19.4. The molecule has 11 heteroatoms. The van der Waals surface area contributed by atoms with Gasteiger partial charge in [0.2, 0.25) is 5.95 Å². The lowest BCUT2D eigenvalue weighted by molar-refractivity contribution is -0.142. The summed E-state index contributed by atoms with van der Waals surface area (Å²) in [6.07, 6.45) is 0.408. The van der Waals surface area contributed by atoms with Crippen LogP contribution in [0.5, 0.6) is 0 Å². The second-order valence-electron chi connectivity index (χ2n) is 7.84. The number of nitrogens with one attached hydrogen (secondary N) is 2. The Morgan fingerprint density at radius 1 is 1.25 bits per heavy atom. The number of benzene rings is 2. The number of aliphatic carboxylic acids is 1. The van der Waals surface area contributed by atoms with E-state index in [0.717, 1.165) is 12.2 Å². The summed E-state index contributed by atoms with van der Waals surface area (Å²) < 4.78 is 40.3. The van der Waals surface area contributed by atoms with Gasteiger partial charge in [0.1, 0.15) is 6.04 Å². The number of hydrazine groups is 1. The van der Waals surface area contributed by atoms with Gasteiger partial charge < -0.3 is 10.4 Å². The minimum absolute atomic E-state index is 0.107. The van der Waals surface area contributed by atoms with E-state index in [9.17, 15) is 18.0 Å². The average Bonchev–Trinajstić information content (AvgIpc) is 3.25. The minimum Gasteiger partial charge on any atom is -0.478 e. The summed E-state index contributed by atoms with van der Waals surface area (Å²) in [5, 5.41) is 22.3. The van der Waals surface area contributed by atoms with Crippen molar-refractivity contribution in [3.05, 3.63) is 83.7 Å². The van der Waals surface area contributed by atoms with Crippen LogP contribution in [0.3, 0.4) is 0 Å². The summed E-state index contributed by atoms with van der Waals surface area (Å²) in [7, 11) is 0. The van der Waals surface area contributed by atoms with E-state index in [1.807, 2.05) is 6.07 Å². The van der Waals surface area contributed by atoms with Crippen molar-refractivity contribution < 1.29 is 23.1 Å². The molecule has 0 saturated carbocycles. The molecule has 2 aromatic carbocycles. The van der Waals surface area contributed by atoms with Gasteiger partial charge in [-0.2, -0.15) is 23.4 Å². The predicted molar refractivity (Wildman–Crippen MR) is 128 cm³/mol. The van der Waals surface area contributed by atoms with Gasteiger partial charge in [-0.1, -0.05) is 24.3 Å². The number of nitrogens with zero attached hydrogens (tertiary/aromatic N) is 4. The summed E-state index contributed by atoms with van der Waals surface area (Å²) in [6, 6.07) is 13.5. The van der Waals surface area contributed by atoms with Gasteiger partial charge in [0, 0.05) is 29.2 Å². The van der Waals surface area contributed by atoms with Gasteiger partial charge in [-0.05, 0) is 54.5 Å². The van der Waals surface area contributed by atoms with Crippen LogP contribution in [0.4, 0.5) is 30.6 Å². The van der Waals surface area contributed by atoms with E-state index < -0.39 is 18.2 Å². The smallest absolute Gasteiger partial charge is 0.409 e. The van der Waals surface area contributed by atoms with Gasteiger partial charge in [0.15, 0.2) is 5.82 Å². The minimum atomic E-state index is -4.51. The number of halogens is 3. The number of carbonyl (C=O) groups is 1. The molecule has 1 atom stereocenters. The topological polar surface area (TPSA) is 114 Å². The third kappa shape index (κ3) is 5.51. The first-order valence-corrected chi connectivity index (χ1v) is 10.6. The molecule has 2 heterocycles. The SMILES string of the molecule is CC1=CC(C(F)(F)F)NN1c1nc(Nc2cccc(C#N)c2)ncc1-c1cccc(/C=C/C(=O)O)c1. The average molecular weight is 492 g/mol. The standard InChI is InChI=1S/C25H19F3N6O2/c1-15-10-21(25(26,27)28)33-34(15)23-20(18-6-2-4-16(11-18)8-9-22(35)36)14-30-24(32-23)31-19-7-3-5-17(12-19)13-29/h2-12,14,21,33H,1H3,(H,35,36)(H,30,31,32)/b9-8+. The highest BCUT2D eigenvalue weighted by Gasteiger charge is 2.43. The highest BCUT2D eigenvalue weighted by molar-refractivity contribution is 5.86. The number of alkyl halides is 3. The highest BCUT2D eigenvalue weighted by Crippen LogP contribution is 2.35. The lowest BCUT2D eigenvalue weighted by Crippen LogP contribution is -2.45. The van der Waals surface area contributed by atoms with Crippen molar-refractivity contribution in [1.29, 1.82) is 5.26 Å². The van der Waals surface area contributed by atoms with Crippen LogP contribution in [0.1, 0.15) is 18.1 Å². The molecule has 0 aliphatic carbocycles. The molecule has 1 aliphatic heterocycles. The molecule has 4 rings (SSSR count). The number of hydrogen-bond acceptors (Lipinski definition) is 7. The van der Waals surface area contributed by atoms with Crippen molar-refractivity contribution in [2.24, 2.45) is 0 Å². The normalized spacial score (nSPS) is 15.6. The zero-order valence-corrected chi connectivity index (χ0v) is 18.8. The van der Waals surface area contributed by atoms with Crippen LogP contribution >= 0.6 is 0 Å². The molecule has 1 aliphatic rings. The molecule has 36 heavy (non-hydrogen) atoms. The van der Waals surface area contributed by atoms with E-state index in [4.69, 9.17) is 10.4 Å². The molecule has 1 aromatic heterocycles. The van der Waals surface area contributed by atoms with Crippen molar-refractivity contribution >= 4 is 29.5 Å². The summed E-state index contributed by atoms with van der Waals surface area (Å²) in [5.41, 5.74) is 5.23. The predicted octanol–water partition coefficient (Wildman–Crippen LogP) is 5.02. The molecule has 3 N–H and O–H groups in total. The van der Waals surface area contributed by atoms with Crippen molar-refractivity contribution in [3.8, 4) is 17.2 Å². The monoisotopic (exact) mass is 492 g/mol. The van der Waals surface area contributed by atoms with Gasteiger partial charge >= 0.3 is 12.1 Å². The zero-order chi connectivity index (χ0) is 25.9. The number of hydrogen-bond donors (Lipinski definition) is 3. The molecule has 182 valence electrons. The number of nitriles is 1. The molecular weight excluding hydrogens is 473 g/mol. The number of aromatic nitrogens is 2. The van der Waals surface area contributed by atoms with Crippen LogP contribution in [0.2, 0.25) is 0 Å². The zero-order valence-electron chi connectivity index (χ0n) is 18.8. The lowest BCUT2D eigenvalue weighted by Gasteiger charge is -2.25. The molecule has 1 unspecified atom stereocenters. The van der Waals surface area contributed by atoms with Gasteiger partial charge in [-0.15, -0.1) is 0 Å². The van der Waals surface area contributed by atoms with Crippen molar-refractivity contribution in [1.82, 2.24) is 15.4 Å². The number of carboxylic acids is 1. The van der Waals surface area contributed by atoms with E-state index in [0.29, 0.717) is 27.9 Å². The van der Waals surface area contributed by atoms with Crippen molar-refractivity contribution in [2.75, 3.05) is 10.3 Å². The van der Waals surface area contributed by atoms with E-state index in [1.165, 1.54) is 24.2 Å². The molecular formula is C25H19F3N6O2. The molecule has 0 radical (unpaired) electrons. The molecule has 0 saturated heterocycles. The molecule has 0 bridgehead atoms. The Balaban J connectivity index is 1.77. The molecule has 3 aromatic rings. The largest absolute Gasteiger partial charge is 0.478 e. The lowest BCUT2D eigenvalue weighted by atomic mass is 10.0. The molecule has 0 amide bonds. The number of carboxylic acid groups (broad SMARTS) is 1. The van der Waals surface area contributed by atoms with Gasteiger partial charge in [-0.3, -0.25) is 5.01 Å². The quantitative estimate of drug-likeness (QED) is 0.411. The van der Waals surface area contributed by atoms with Crippen LogP contribution < -0.4 is 15.8 Å². The fourth-order valence-electron chi connectivity index (χ4n) is 3.57. The Labute approximate surface area is 204 Å². The van der Waals surface area contributed by atoms with Crippen LogP contribution in [-0.4, -0.2) is 33.3 Å². The van der Waals surface area contributed by atoms with Gasteiger partial charge in [0.25, 0.3) is 0 Å². The Kier molecular flexibility index (Phi) is 6.71. The first-order chi connectivity index (χ1) is 17.1. The molecule has 8 nitrogen and oxygen atoms in total. The van der Waals surface area contributed by atoms with E-state index in [-0.39, 0.29) is 17.5 Å². The molecule has 0 spiro atoms. The van der Waals surface area contributed by atoms with E-state index in [1.54, 1.807) is 48.5 Å². The van der Waals surface area contributed by atoms with Crippen LogP contribution in [0.25, 0.3) is 17.2 Å². The second kappa shape index (κ2) is 9.89. The fraction of sp³-hybridized carbons (Fsp3) is 0.120. The Hall–Kier alpha value is -4.69.